The Kier molecular flexibility index (Phi) is 6.59. The summed E-state index contributed by atoms with van der Waals surface area (Å²) >= 11 is 0. The first-order chi connectivity index (χ1) is 16.5. The van der Waals surface area contributed by atoms with E-state index in [0.717, 1.165) is 0 Å². The van der Waals surface area contributed by atoms with Crippen LogP contribution in [0.5, 0.6) is 23.0 Å². The number of benzene rings is 3. The summed E-state index contributed by atoms with van der Waals surface area (Å²) in [4.78, 5) is 29.1. The average molecular weight is 459 g/mol. The Morgan fingerprint density at radius 3 is 2.12 bits per heavy atom. The van der Waals surface area contributed by atoms with Crippen molar-refractivity contribution in [2.45, 2.75) is 0 Å². The van der Waals surface area contributed by atoms with Crippen molar-refractivity contribution in [3.63, 3.8) is 0 Å². The molecule has 3 aromatic carbocycles. The Balaban J connectivity index is 1.50. The summed E-state index contributed by atoms with van der Waals surface area (Å²) in [6.07, 6.45) is 1.60. The van der Waals surface area contributed by atoms with Crippen LogP contribution in [0.1, 0.15) is 21.5 Å². The lowest BCUT2D eigenvalue weighted by atomic mass is 10.1. The lowest BCUT2D eigenvalue weighted by molar-refractivity contribution is -0.129. The number of cyclic esters (lactones) is 1. The van der Waals surface area contributed by atoms with Crippen molar-refractivity contribution in [1.82, 2.24) is 0 Å². The van der Waals surface area contributed by atoms with Gasteiger partial charge in [-0.15, -0.1) is 0 Å². The normalized spacial score (nSPS) is 13.8. The number of carbonyl (C=O) groups is 2. The topological polar surface area (TPSA) is 92.7 Å². The van der Waals surface area contributed by atoms with Crippen LogP contribution in [0, 0.1) is 0 Å². The van der Waals surface area contributed by atoms with Gasteiger partial charge in [-0.2, -0.15) is 0 Å². The molecule has 1 aliphatic heterocycles. The number of esters is 2. The van der Waals surface area contributed by atoms with Gasteiger partial charge in [-0.05, 0) is 48.0 Å². The molecule has 4 rings (SSSR count). The minimum Gasteiger partial charge on any atom is -0.493 e. The maximum Gasteiger partial charge on any atom is 0.363 e. The fraction of sp³-hybridized carbons (Fsp3) is 0.115. The van der Waals surface area contributed by atoms with Gasteiger partial charge in [-0.25, -0.2) is 14.6 Å². The van der Waals surface area contributed by atoms with Gasteiger partial charge >= 0.3 is 11.9 Å². The van der Waals surface area contributed by atoms with E-state index in [9.17, 15) is 9.59 Å². The minimum atomic E-state index is -0.596. The van der Waals surface area contributed by atoms with E-state index in [4.69, 9.17) is 23.7 Å². The van der Waals surface area contributed by atoms with Gasteiger partial charge in [0.1, 0.15) is 5.75 Å². The summed E-state index contributed by atoms with van der Waals surface area (Å²) in [5, 5.41) is 0. The van der Waals surface area contributed by atoms with E-state index in [0.29, 0.717) is 34.1 Å². The lowest BCUT2D eigenvalue weighted by Crippen LogP contribution is -2.09. The fourth-order valence-corrected chi connectivity index (χ4v) is 3.27. The molecule has 0 saturated carbocycles. The van der Waals surface area contributed by atoms with Crippen molar-refractivity contribution in [3.8, 4) is 23.0 Å². The first-order valence-corrected chi connectivity index (χ1v) is 10.2. The Hall–Kier alpha value is -4.59. The van der Waals surface area contributed by atoms with Crippen LogP contribution in [0.3, 0.4) is 0 Å². The van der Waals surface area contributed by atoms with Crippen LogP contribution in [0.15, 0.2) is 77.4 Å². The molecule has 0 radical (unpaired) electrons. The van der Waals surface area contributed by atoms with Gasteiger partial charge in [0.25, 0.3) is 0 Å². The molecule has 34 heavy (non-hydrogen) atoms. The Labute approximate surface area is 196 Å². The highest BCUT2D eigenvalue weighted by Crippen LogP contribution is 2.38. The molecule has 1 aliphatic rings. The van der Waals surface area contributed by atoms with E-state index < -0.39 is 11.9 Å². The second-order valence-corrected chi connectivity index (χ2v) is 7.07. The molecule has 3 aromatic rings. The molecule has 0 saturated heterocycles. The largest absolute Gasteiger partial charge is 0.493 e. The van der Waals surface area contributed by atoms with Crippen LogP contribution in [0.25, 0.3) is 6.08 Å². The van der Waals surface area contributed by atoms with Gasteiger partial charge in [0.15, 0.2) is 17.2 Å². The second-order valence-electron chi connectivity index (χ2n) is 7.07. The summed E-state index contributed by atoms with van der Waals surface area (Å²) in [6.45, 7) is 0. The van der Waals surface area contributed by atoms with E-state index in [2.05, 4.69) is 4.99 Å². The predicted molar refractivity (Wildman–Crippen MR) is 125 cm³/mol. The van der Waals surface area contributed by atoms with Crippen LogP contribution >= 0.6 is 0 Å². The summed E-state index contributed by atoms with van der Waals surface area (Å²) in [5.41, 5.74) is 1.82. The molecule has 8 nitrogen and oxygen atoms in total. The fourth-order valence-electron chi connectivity index (χ4n) is 3.27. The third kappa shape index (κ3) is 4.75. The Bertz CT molecular complexity index is 1250. The molecule has 0 amide bonds. The number of hydrogen-bond donors (Lipinski definition) is 0. The van der Waals surface area contributed by atoms with Crippen molar-refractivity contribution < 1.29 is 33.3 Å². The van der Waals surface area contributed by atoms with Gasteiger partial charge in [0.05, 0.1) is 26.9 Å². The molecular weight excluding hydrogens is 438 g/mol. The zero-order valence-corrected chi connectivity index (χ0v) is 18.7. The molecule has 8 heteroatoms. The van der Waals surface area contributed by atoms with E-state index in [-0.39, 0.29) is 17.2 Å². The quantitative estimate of drug-likeness (QED) is 0.296. The standard InChI is InChI=1S/C26H21NO7/c1-30-21-14-18(15-22(31-2)23(21)32-3)25(28)33-19-11-9-16(10-12-19)13-20-26(29)34-24(27-20)17-7-5-4-6-8-17/h4-15H,1-3H3/b20-13+. The molecule has 0 unspecified atom stereocenters. The summed E-state index contributed by atoms with van der Waals surface area (Å²) < 4.78 is 26.5. The minimum absolute atomic E-state index is 0.182. The number of nitrogens with zero attached hydrogens (tertiary/aromatic N) is 1. The first-order valence-electron chi connectivity index (χ1n) is 10.2. The Morgan fingerprint density at radius 2 is 1.53 bits per heavy atom. The van der Waals surface area contributed by atoms with Gasteiger partial charge in [-0.3, -0.25) is 0 Å². The predicted octanol–water partition coefficient (Wildman–Crippen LogP) is 4.28. The van der Waals surface area contributed by atoms with Crippen LogP contribution in [-0.4, -0.2) is 39.2 Å². The number of rotatable bonds is 7. The molecule has 172 valence electrons. The molecule has 0 bridgehead atoms. The molecule has 1 heterocycles. The summed E-state index contributed by atoms with van der Waals surface area (Å²) in [7, 11) is 4.41. The van der Waals surface area contributed by atoms with E-state index in [1.54, 1.807) is 30.3 Å². The van der Waals surface area contributed by atoms with Gasteiger partial charge in [-0.1, -0.05) is 30.3 Å². The zero-order valence-electron chi connectivity index (χ0n) is 18.7. The van der Waals surface area contributed by atoms with Crippen molar-refractivity contribution in [3.05, 3.63) is 89.1 Å². The van der Waals surface area contributed by atoms with Crippen molar-refractivity contribution in [1.29, 1.82) is 0 Å². The first kappa shape index (κ1) is 22.6. The smallest absolute Gasteiger partial charge is 0.363 e. The zero-order chi connectivity index (χ0) is 24.1. The summed E-state index contributed by atoms with van der Waals surface area (Å²) in [5.74, 6) is 0.515. The van der Waals surface area contributed by atoms with E-state index in [1.807, 2.05) is 30.3 Å². The maximum atomic E-state index is 12.7. The lowest BCUT2D eigenvalue weighted by Gasteiger charge is -2.13. The SMILES string of the molecule is COc1cc(C(=O)Oc2ccc(/C=C3/N=C(c4ccccc4)OC3=O)cc2)cc(OC)c1OC. The van der Waals surface area contributed by atoms with E-state index in [1.165, 1.54) is 33.5 Å². The third-order valence-corrected chi connectivity index (χ3v) is 4.94. The highest BCUT2D eigenvalue weighted by atomic mass is 16.6. The second kappa shape index (κ2) is 9.91. The number of methoxy groups -OCH3 is 3. The number of ether oxygens (including phenoxy) is 5. The highest BCUT2D eigenvalue weighted by molar-refractivity contribution is 6.12. The molecule has 0 aromatic heterocycles. The summed E-state index contributed by atoms with van der Waals surface area (Å²) in [6, 6.07) is 18.8. The molecule has 0 N–H and O–H groups in total. The molecule has 0 spiro atoms. The average Bonchev–Trinajstić information content (AvgIpc) is 3.24. The van der Waals surface area contributed by atoms with Crippen molar-refractivity contribution >= 4 is 23.9 Å². The van der Waals surface area contributed by atoms with Gasteiger partial charge in [0, 0.05) is 5.56 Å². The van der Waals surface area contributed by atoms with Crippen LogP contribution < -0.4 is 18.9 Å². The molecule has 0 atom stereocenters. The third-order valence-electron chi connectivity index (χ3n) is 4.94. The number of carbonyl (C=O) groups excluding carboxylic acids is 2. The van der Waals surface area contributed by atoms with Crippen LogP contribution in [0.4, 0.5) is 0 Å². The Morgan fingerprint density at radius 1 is 0.882 bits per heavy atom. The van der Waals surface area contributed by atoms with Gasteiger partial charge < -0.3 is 23.7 Å². The maximum absolute atomic E-state index is 12.7. The van der Waals surface area contributed by atoms with E-state index >= 15 is 0 Å². The van der Waals surface area contributed by atoms with Crippen molar-refractivity contribution in [2.24, 2.45) is 4.99 Å². The number of hydrogen-bond acceptors (Lipinski definition) is 8. The highest BCUT2D eigenvalue weighted by Gasteiger charge is 2.24. The monoisotopic (exact) mass is 459 g/mol. The van der Waals surface area contributed by atoms with Crippen LogP contribution in [0.2, 0.25) is 0 Å². The van der Waals surface area contributed by atoms with Crippen LogP contribution in [-0.2, 0) is 9.53 Å². The number of aliphatic imine (C=N–C) groups is 1. The van der Waals surface area contributed by atoms with Crippen molar-refractivity contribution in [2.75, 3.05) is 21.3 Å². The molecule has 0 aliphatic carbocycles. The molecule has 0 fully saturated rings. The molecular formula is C26H21NO7. The van der Waals surface area contributed by atoms with Gasteiger partial charge in [0.2, 0.25) is 11.6 Å².